The van der Waals surface area contributed by atoms with Crippen molar-refractivity contribution in [3.05, 3.63) is 29.8 Å². The van der Waals surface area contributed by atoms with Crippen LogP contribution in [0.4, 0.5) is 5.69 Å². The normalized spacial score (nSPS) is 9.35. The maximum atomic E-state index is 11.5. The molecule has 1 rings (SSSR count). The number of hydrazine groups is 1. The van der Waals surface area contributed by atoms with E-state index in [0.717, 1.165) is 0 Å². The lowest BCUT2D eigenvalue weighted by molar-refractivity contribution is 0.0593. The highest BCUT2D eigenvalue weighted by molar-refractivity contribution is 6.14. The summed E-state index contributed by atoms with van der Waals surface area (Å²) in [5.41, 5.74) is 0.859. The number of nitrogens with zero attached hydrogens (tertiary/aromatic N) is 1. The molecule has 0 aromatic heterocycles. The number of hydrogen-bond donors (Lipinski definition) is 1. The van der Waals surface area contributed by atoms with Gasteiger partial charge in [-0.3, -0.25) is 4.84 Å². The van der Waals surface area contributed by atoms with Crippen LogP contribution in [0.2, 0.25) is 0 Å². The van der Waals surface area contributed by atoms with Gasteiger partial charge < -0.3 is 4.74 Å². The summed E-state index contributed by atoms with van der Waals surface area (Å²) < 4.78 is 4.66. The summed E-state index contributed by atoms with van der Waals surface area (Å²) in [6, 6.07) is 6.81. The molecule has 5 nitrogen and oxygen atoms in total. The number of ether oxygens (including phenoxy) is 1. The second-order valence-corrected chi connectivity index (χ2v) is 2.97. The van der Waals surface area contributed by atoms with Crippen molar-refractivity contribution in [2.75, 3.05) is 18.9 Å². The van der Waals surface area contributed by atoms with Crippen LogP contribution in [-0.2, 0) is 9.57 Å². The number of nitrogens with one attached hydrogen (secondary N) is 1. The third-order valence-corrected chi connectivity index (χ3v) is 2.02. The Morgan fingerprint density at radius 2 is 2.12 bits per heavy atom. The van der Waals surface area contributed by atoms with Gasteiger partial charge in [-0.1, -0.05) is 12.1 Å². The van der Waals surface area contributed by atoms with E-state index in [-0.39, 0.29) is 12.4 Å². The molecule has 0 bridgehead atoms. The van der Waals surface area contributed by atoms with E-state index < -0.39 is 5.97 Å². The predicted octanol–water partition coefficient (Wildman–Crippen LogP) is 2.31. The van der Waals surface area contributed by atoms with E-state index in [1.54, 1.807) is 24.3 Å². The topological polar surface area (TPSA) is 50.8 Å². The van der Waals surface area contributed by atoms with Crippen LogP contribution in [0, 0.1) is 0 Å². The van der Waals surface area contributed by atoms with Crippen molar-refractivity contribution in [3.8, 4) is 0 Å². The van der Waals surface area contributed by atoms with Crippen LogP contribution in [0.15, 0.2) is 24.3 Å². The molecule has 0 saturated carbocycles. The Kier molecular flexibility index (Phi) is 7.65. The Labute approximate surface area is 111 Å². The summed E-state index contributed by atoms with van der Waals surface area (Å²) in [5.74, 6) is -0.452. The molecule has 7 heteroatoms. The average molecular weight is 281 g/mol. The van der Waals surface area contributed by atoms with Crippen LogP contribution in [0.5, 0.6) is 0 Å². The van der Waals surface area contributed by atoms with Crippen LogP contribution >= 0.6 is 24.2 Å². The molecule has 0 spiro atoms. The molecule has 0 heterocycles. The van der Waals surface area contributed by atoms with Gasteiger partial charge >= 0.3 is 5.97 Å². The first kappa shape index (κ1) is 16.0. The standard InChI is InChI=1S/C10H13ClN2O3.ClH/c1-3-16-13(12-11)9-7-5-4-6-8(9)10(14)15-2;/h4-7,12H,3H2,1-2H3;1H. The van der Waals surface area contributed by atoms with Crippen molar-refractivity contribution in [2.45, 2.75) is 6.92 Å². The number of halogens is 2. The zero-order chi connectivity index (χ0) is 12.0. The van der Waals surface area contributed by atoms with Crippen molar-refractivity contribution in [2.24, 2.45) is 0 Å². The van der Waals surface area contributed by atoms with Crippen molar-refractivity contribution >= 4 is 35.8 Å². The second kappa shape index (κ2) is 8.14. The molecule has 17 heavy (non-hydrogen) atoms. The average Bonchev–Trinajstić information content (AvgIpc) is 2.35. The minimum absolute atomic E-state index is 0. The summed E-state index contributed by atoms with van der Waals surface area (Å²) in [4.78, 5) is 19.0. The van der Waals surface area contributed by atoms with Crippen LogP contribution in [0.3, 0.4) is 0 Å². The number of benzene rings is 1. The van der Waals surface area contributed by atoms with E-state index >= 15 is 0 Å². The number of methoxy groups -OCH3 is 1. The molecule has 0 atom stereocenters. The fourth-order valence-electron chi connectivity index (χ4n) is 1.20. The first-order chi connectivity index (χ1) is 7.74. The minimum Gasteiger partial charge on any atom is -0.465 e. The molecule has 1 aromatic rings. The van der Waals surface area contributed by atoms with Gasteiger partial charge in [-0.05, 0) is 30.8 Å². The Hall–Kier alpha value is -1.01. The minimum atomic E-state index is -0.452. The van der Waals surface area contributed by atoms with Gasteiger partial charge in [-0.25, -0.2) is 4.79 Å². The van der Waals surface area contributed by atoms with E-state index in [0.29, 0.717) is 17.9 Å². The molecule has 0 aliphatic carbocycles. The molecule has 0 saturated heterocycles. The Morgan fingerprint density at radius 3 is 2.65 bits per heavy atom. The van der Waals surface area contributed by atoms with Crippen molar-refractivity contribution in [3.63, 3.8) is 0 Å². The van der Waals surface area contributed by atoms with Crippen LogP contribution in [0.1, 0.15) is 17.3 Å². The first-order valence-corrected chi connectivity index (χ1v) is 5.09. The highest BCUT2D eigenvalue weighted by Gasteiger charge is 2.16. The zero-order valence-corrected chi connectivity index (χ0v) is 11.0. The van der Waals surface area contributed by atoms with Gasteiger partial charge in [-0.2, -0.15) is 5.17 Å². The number of carbonyl (C=O) groups excluding carboxylic acids is 1. The van der Waals surface area contributed by atoms with Crippen molar-refractivity contribution in [1.82, 2.24) is 4.94 Å². The molecule has 0 amide bonds. The molecule has 0 radical (unpaired) electrons. The number of rotatable bonds is 5. The molecule has 96 valence electrons. The Bertz CT molecular complexity index is 363. The quantitative estimate of drug-likeness (QED) is 0.510. The van der Waals surface area contributed by atoms with Crippen molar-refractivity contribution in [1.29, 1.82) is 0 Å². The number of para-hydroxylation sites is 1. The van der Waals surface area contributed by atoms with Crippen LogP contribution in [0.25, 0.3) is 0 Å². The maximum absolute atomic E-state index is 11.5. The van der Waals surface area contributed by atoms with E-state index in [1.807, 2.05) is 6.92 Å². The number of anilines is 1. The fourth-order valence-corrected chi connectivity index (χ4v) is 1.34. The van der Waals surface area contributed by atoms with Crippen LogP contribution < -0.4 is 10.1 Å². The Balaban J connectivity index is 0.00000256. The molecule has 1 aromatic carbocycles. The lowest BCUT2D eigenvalue weighted by Gasteiger charge is -2.21. The molecule has 0 aliphatic rings. The Morgan fingerprint density at radius 1 is 1.47 bits per heavy atom. The summed E-state index contributed by atoms with van der Waals surface area (Å²) in [7, 11) is 1.32. The van der Waals surface area contributed by atoms with E-state index in [1.165, 1.54) is 12.3 Å². The summed E-state index contributed by atoms with van der Waals surface area (Å²) in [5, 5.41) is 1.20. The van der Waals surface area contributed by atoms with Gasteiger partial charge in [0.1, 0.15) is 0 Å². The van der Waals surface area contributed by atoms with Gasteiger partial charge in [-0.15, -0.1) is 17.4 Å². The largest absolute Gasteiger partial charge is 0.465 e. The van der Waals surface area contributed by atoms with Crippen molar-refractivity contribution < 1.29 is 14.4 Å². The maximum Gasteiger partial charge on any atom is 0.340 e. The molecule has 0 fully saturated rings. The number of esters is 1. The third-order valence-electron chi connectivity index (χ3n) is 1.86. The third kappa shape index (κ3) is 4.05. The fraction of sp³-hybridized carbons (Fsp3) is 0.300. The zero-order valence-electron chi connectivity index (χ0n) is 9.47. The van der Waals surface area contributed by atoms with Gasteiger partial charge in [0.15, 0.2) is 0 Å². The number of hydrogen-bond acceptors (Lipinski definition) is 5. The van der Waals surface area contributed by atoms with E-state index in [2.05, 4.69) is 9.68 Å². The monoisotopic (exact) mass is 280 g/mol. The molecule has 0 aliphatic heterocycles. The highest BCUT2D eigenvalue weighted by Crippen LogP contribution is 2.20. The van der Waals surface area contributed by atoms with Gasteiger partial charge in [0.25, 0.3) is 0 Å². The summed E-state index contributed by atoms with van der Waals surface area (Å²) >= 11 is 5.50. The summed E-state index contributed by atoms with van der Waals surface area (Å²) in [6.07, 6.45) is 0. The number of carbonyl (C=O) groups is 1. The van der Waals surface area contributed by atoms with Crippen LogP contribution in [-0.4, -0.2) is 19.7 Å². The predicted molar refractivity (Wildman–Crippen MR) is 68.1 cm³/mol. The van der Waals surface area contributed by atoms with Gasteiger partial charge in [0.05, 0.1) is 25.0 Å². The molecule has 0 unspecified atom stereocenters. The highest BCUT2D eigenvalue weighted by atomic mass is 35.5. The molecule has 1 N–H and O–H groups in total. The van der Waals surface area contributed by atoms with E-state index in [9.17, 15) is 4.79 Å². The molecular formula is C10H14Cl2N2O3. The van der Waals surface area contributed by atoms with Gasteiger partial charge in [0, 0.05) is 0 Å². The molecular weight excluding hydrogens is 267 g/mol. The SMILES string of the molecule is CCON(NCl)c1ccccc1C(=O)OC.Cl. The first-order valence-electron chi connectivity index (χ1n) is 4.71. The smallest absolute Gasteiger partial charge is 0.340 e. The van der Waals surface area contributed by atoms with Gasteiger partial charge in [0.2, 0.25) is 0 Å². The van der Waals surface area contributed by atoms with E-state index in [4.69, 9.17) is 16.6 Å². The lowest BCUT2D eigenvalue weighted by Crippen LogP contribution is -2.32. The lowest BCUT2D eigenvalue weighted by atomic mass is 10.2. The second-order valence-electron chi connectivity index (χ2n) is 2.81. The summed E-state index contributed by atoms with van der Waals surface area (Å²) in [6.45, 7) is 2.22.